The summed E-state index contributed by atoms with van der Waals surface area (Å²) in [4.78, 5) is 14.8. The summed E-state index contributed by atoms with van der Waals surface area (Å²) in [6, 6.07) is 6.48. The van der Waals surface area contributed by atoms with Gasteiger partial charge in [-0.3, -0.25) is 4.79 Å². The summed E-state index contributed by atoms with van der Waals surface area (Å²) in [6.45, 7) is 11.4. The zero-order valence-corrected chi connectivity index (χ0v) is 18.5. The first-order valence-electron chi connectivity index (χ1n) is 9.61. The van der Waals surface area contributed by atoms with Gasteiger partial charge in [-0.05, 0) is 73.4 Å². The molecule has 1 N–H and O–H groups in total. The molecule has 1 aliphatic rings. The lowest BCUT2D eigenvalue weighted by molar-refractivity contribution is -0.117. The summed E-state index contributed by atoms with van der Waals surface area (Å²) in [7, 11) is 0. The highest BCUT2D eigenvalue weighted by Gasteiger charge is 2.22. The minimum atomic E-state index is -0.0211. The average Bonchev–Trinajstić information content (AvgIpc) is 2.78. The van der Waals surface area contributed by atoms with E-state index in [4.69, 9.17) is 11.6 Å². The zero-order chi connectivity index (χ0) is 19.8. The fraction of sp³-hybridized carbons (Fsp3) is 0.500. The molecule has 1 aliphatic heterocycles. The minimum absolute atomic E-state index is 0.0211. The van der Waals surface area contributed by atoms with Crippen molar-refractivity contribution in [3.63, 3.8) is 0 Å². The van der Waals surface area contributed by atoms with Crippen molar-refractivity contribution in [2.45, 2.75) is 60.3 Å². The molecule has 2 aromatic rings. The number of carbonyl (C=O) groups is 1. The summed E-state index contributed by atoms with van der Waals surface area (Å²) in [5.41, 5.74) is 5.64. The zero-order valence-electron chi connectivity index (χ0n) is 16.9. The molecule has 3 nitrogen and oxygen atoms in total. The first-order chi connectivity index (χ1) is 12.6. The van der Waals surface area contributed by atoms with Crippen molar-refractivity contribution < 1.29 is 4.79 Å². The maximum absolute atomic E-state index is 12.4. The molecule has 146 valence electrons. The molecule has 1 amide bonds. The SMILES string of the molecule is Cc1cc(N2CCCCc3cc(Cl)sc32)cc(C)c1NC(=O)CC(C)(C)C. The molecule has 0 aliphatic carbocycles. The van der Waals surface area contributed by atoms with Crippen LogP contribution in [0, 0.1) is 19.3 Å². The van der Waals surface area contributed by atoms with Crippen LogP contribution in [0.1, 0.15) is 56.7 Å². The van der Waals surface area contributed by atoms with Gasteiger partial charge >= 0.3 is 0 Å². The van der Waals surface area contributed by atoms with E-state index in [9.17, 15) is 4.79 Å². The molecule has 5 heteroatoms. The Morgan fingerprint density at radius 2 is 1.85 bits per heavy atom. The predicted octanol–water partition coefficient (Wildman–Crippen LogP) is 6.87. The number of anilines is 3. The first kappa shape index (κ1) is 20.2. The van der Waals surface area contributed by atoms with Crippen LogP contribution in [0.5, 0.6) is 0 Å². The Hall–Kier alpha value is -1.52. The maximum Gasteiger partial charge on any atom is 0.224 e. The molecule has 27 heavy (non-hydrogen) atoms. The Morgan fingerprint density at radius 3 is 2.48 bits per heavy atom. The molecule has 0 radical (unpaired) electrons. The molecular formula is C22H29ClN2OS. The van der Waals surface area contributed by atoms with Crippen molar-refractivity contribution in [3.05, 3.63) is 39.2 Å². The number of hydrogen-bond donors (Lipinski definition) is 1. The van der Waals surface area contributed by atoms with Crippen LogP contribution in [0.4, 0.5) is 16.4 Å². The summed E-state index contributed by atoms with van der Waals surface area (Å²) in [5.74, 6) is 0.0727. The highest BCUT2D eigenvalue weighted by atomic mass is 35.5. The van der Waals surface area contributed by atoms with Gasteiger partial charge < -0.3 is 10.2 Å². The number of halogens is 1. The summed E-state index contributed by atoms with van der Waals surface area (Å²) in [5, 5.41) is 4.39. The Kier molecular flexibility index (Phi) is 5.87. The average molecular weight is 405 g/mol. The van der Waals surface area contributed by atoms with E-state index in [1.165, 1.54) is 29.1 Å². The van der Waals surface area contributed by atoms with E-state index < -0.39 is 0 Å². The summed E-state index contributed by atoms with van der Waals surface area (Å²) in [6.07, 6.45) is 3.96. The van der Waals surface area contributed by atoms with Crippen LogP contribution in [0.15, 0.2) is 18.2 Å². The number of rotatable bonds is 3. The molecular weight excluding hydrogens is 376 g/mol. The number of benzene rings is 1. The lowest BCUT2D eigenvalue weighted by atomic mass is 9.92. The topological polar surface area (TPSA) is 32.3 Å². The fourth-order valence-corrected chi connectivity index (χ4v) is 5.02. The first-order valence-corrected chi connectivity index (χ1v) is 10.8. The highest BCUT2D eigenvalue weighted by molar-refractivity contribution is 7.20. The third-order valence-electron chi connectivity index (χ3n) is 4.86. The Bertz CT molecular complexity index is 827. The van der Waals surface area contributed by atoms with Crippen molar-refractivity contribution in [1.82, 2.24) is 0 Å². The van der Waals surface area contributed by atoms with Gasteiger partial charge in [0.2, 0.25) is 5.91 Å². The molecule has 0 spiro atoms. The van der Waals surface area contributed by atoms with Crippen molar-refractivity contribution in [2.24, 2.45) is 5.41 Å². The van der Waals surface area contributed by atoms with Crippen molar-refractivity contribution in [3.8, 4) is 0 Å². The maximum atomic E-state index is 12.4. The highest BCUT2D eigenvalue weighted by Crippen LogP contribution is 2.42. The second-order valence-corrected chi connectivity index (χ2v) is 10.4. The van der Waals surface area contributed by atoms with Gasteiger partial charge in [0.25, 0.3) is 0 Å². The van der Waals surface area contributed by atoms with Crippen LogP contribution in [-0.2, 0) is 11.2 Å². The third kappa shape index (κ3) is 4.85. The smallest absolute Gasteiger partial charge is 0.224 e. The summed E-state index contributed by atoms with van der Waals surface area (Å²) >= 11 is 7.96. The largest absolute Gasteiger partial charge is 0.333 e. The molecule has 0 saturated heterocycles. The van der Waals surface area contributed by atoms with E-state index in [1.54, 1.807) is 11.3 Å². The van der Waals surface area contributed by atoms with Gasteiger partial charge in [0.05, 0.1) is 4.34 Å². The molecule has 3 rings (SSSR count). The molecule has 1 aromatic heterocycles. The van der Waals surface area contributed by atoms with Gasteiger partial charge in [0.15, 0.2) is 0 Å². The van der Waals surface area contributed by atoms with Gasteiger partial charge in [0, 0.05) is 24.3 Å². The molecule has 0 unspecified atom stereocenters. The van der Waals surface area contributed by atoms with Crippen LogP contribution in [0.25, 0.3) is 0 Å². The molecule has 1 aromatic carbocycles. The Morgan fingerprint density at radius 1 is 1.19 bits per heavy atom. The molecule has 0 atom stereocenters. The molecule has 2 heterocycles. The fourth-order valence-electron chi connectivity index (χ4n) is 3.69. The van der Waals surface area contributed by atoms with Crippen LogP contribution < -0.4 is 10.2 Å². The second-order valence-electron chi connectivity index (χ2n) is 8.73. The molecule has 0 bridgehead atoms. The Labute approximate surface area is 171 Å². The number of carbonyl (C=O) groups excluding carboxylic acids is 1. The molecule has 0 fully saturated rings. The van der Waals surface area contributed by atoms with Gasteiger partial charge in [0.1, 0.15) is 5.00 Å². The van der Waals surface area contributed by atoms with Crippen molar-refractivity contribution >= 4 is 45.2 Å². The third-order valence-corrected chi connectivity index (χ3v) is 6.19. The quantitative estimate of drug-likeness (QED) is 0.605. The van der Waals surface area contributed by atoms with Crippen LogP contribution in [0.2, 0.25) is 4.34 Å². The summed E-state index contributed by atoms with van der Waals surface area (Å²) < 4.78 is 0.853. The van der Waals surface area contributed by atoms with E-state index >= 15 is 0 Å². The van der Waals surface area contributed by atoms with E-state index in [1.807, 2.05) is 0 Å². The minimum Gasteiger partial charge on any atom is -0.333 e. The van der Waals surface area contributed by atoms with E-state index in [0.717, 1.165) is 34.1 Å². The number of fused-ring (bicyclic) bond motifs is 1. The number of nitrogens with zero attached hydrogens (tertiary/aromatic N) is 1. The Balaban J connectivity index is 1.90. The number of hydrogen-bond acceptors (Lipinski definition) is 3. The van der Waals surface area contributed by atoms with Gasteiger partial charge in [-0.2, -0.15) is 0 Å². The number of thiophene rings is 1. The van der Waals surface area contributed by atoms with Crippen LogP contribution >= 0.6 is 22.9 Å². The van der Waals surface area contributed by atoms with Gasteiger partial charge in [-0.1, -0.05) is 32.4 Å². The lowest BCUT2D eigenvalue weighted by Crippen LogP contribution is -2.21. The van der Waals surface area contributed by atoms with Gasteiger partial charge in [-0.25, -0.2) is 0 Å². The van der Waals surface area contributed by atoms with E-state index in [-0.39, 0.29) is 11.3 Å². The normalized spacial score (nSPS) is 14.7. The van der Waals surface area contributed by atoms with Crippen LogP contribution in [-0.4, -0.2) is 12.5 Å². The van der Waals surface area contributed by atoms with Crippen LogP contribution in [0.3, 0.4) is 0 Å². The van der Waals surface area contributed by atoms with E-state index in [0.29, 0.717) is 6.42 Å². The van der Waals surface area contributed by atoms with Crippen molar-refractivity contribution in [1.29, 1.82) is 0 Å². The van der Waals surface area contributed by atoms with E-state index in [2.05, 4.69) is 63.0 Å². The second kappa shape index (κ2) is 7.84. The number of amides is 1. The molecule has 0 saturated carbocycles. The number of aryl methyl sites for hydroxylation is 3. The predicted molar refractivity (Wildman–Crippen MR) is 118 cm³/mol. The monoisotopic (exact) mass is 404 g/mol. The standard InChI is InChI=1S/C22H29ClN2OS/c1-14-10-17(11-15(2)20(14)24-19(26)13-22(3,4)5)25-9-7-6-8-16-12-18(23)27-21(16)25/h10-12H,6-9,13H2,1-5H3,(H,24,26). The lowest BCUT2D eigenvalue weighted by Gasteiger charge is -2.25. The van der Waals surface area contributed by atoms with Crippen molar-refractivity contribution in [2.75, 3.05) is 16.8 Å². The number of nitrogens with one attached hydrogen (secondary N) is 1. The van der Waals surface area contributed by atoms with Gasteiger partial charge in [-0.15, -0.1) is 11.3 Å².